The molecule has 2 aromatic rings. The van der Waals surface area contributed by atoms with E-state index in [1.165, 1.54) is 0 Å². The molecule has 1 N–H and O–H groups in total. The number of rotatable bonds is 4. The van der Waals surface area contributed by atoms with Crippen molar-refractivity contribution < 1.29 is 9.59 Å². The molecule has 0 aliphatic carbocycles. The predicted octanol–water partition coefficient (Wildman–Crippen LogP) is 4.24. The number of halogens is 1. The molecule has 1 aliphatic heterocycles. The highest BCUT2D eigenvalue weighted by Gasteiger charge is 2.19. The molecule has 0 unspecified atom stereocenters. The van der Waals surface area contributed by atoms with Crippen LogP contribution in [0.5, 0.6) is 0 Å². The van der Waals surface area contributed by atoms with Gasteiger partial charge in [-0.05, 0) is 54.8 Å². The van der Waals surface area contributed by atoms with E-state index < -0.39 is 0 Å². The number of anilines is 1. The van der Waals surface area contributed by atoms with Gasteiger partial charge in [-0.2, -0.15) is 0 Å². The quantitative estimate of drug-likeness (QED) is 0.873. The molecular weight excluding hydrogens is 350 g/mol. The van der Waals surface area contributed by atoms with E-state index in [4.69, 9.17) is 11.6 Å². The molecule has 0 bridgehead atoms. The molecule has 6 heteroatoms. The third-order valence-corrected chi connectivity index (χ3v) is 4.67. The lowest BCUT2D eigenvalue weighted by Crippen LogP contribution is -2.31. The molecule has 0 saturated carbocycles. The Kier molecular flexibility index (Phi) is 5.78. The topological polar surface area (TPSA) is 52.7 Å². The Morgan fingerprint density at radius 3 is 2.46 bits per heavy atom. The molecule has 0 atom stereocenters. The molecule has 3 rings (SSSR count). The Morgan fingerprint density at radius 2 is 1.81 bits per heavy atom. The van der Waals surface area contributed by atoms with Crippen molar-refractivity contribution in [1.82, 2.24) is 9.80 Å². The number of nitrogens with zero attached hydrogens (tertiary/aromatic N) is 2. The van der Waals surface area contributed by atoms with Crippen molar-refractivity contribution >= 4 is 29.2 Å². The Morgan fingerprint density at radius 1 is 1.12 bits per heavy atom. The standard InChI is InChI=1S/C20H22ClN3O2/c1-23(14-15-5-4-6-17(21)13-15)20(26)22-18-9-7-16(8-10-18)19(25)24-11-2-3-12-24/h4-10,13H,2-3,11-12,14H2,1H3,(H,22,26). The van der Waals surface area contributed by atoms with E-state index in [2.05, 4.69) is 5.32 Å². The number of nitrogens with one attached hydrogen (secondary N) is 1. The second-order valence-corrected chi connectivity index (χ2v) is 6.93. The number of carbonyl (C=O) groups is 2. The molecule has 0 spiro atoms. The van der Waals surface area contributed by atoms with Gasteiger partial charge in [-0.15, -0.1) is 0 Å². The average Bonchev–Trinajstić information content (AvgIpc) is 3.16. The number of benzene rings is 2. The first-order valence-electron chi connectivity index (χ1n) is 8.69. The summed E-state index contributed by atoms with van der Waals surface area (Å²) in [6.45, 7) is 2.11. The van der Waals surface area contributed by atoms with E-state index >= 15 is 0 Å². The van der Waals surface area contributed by atoms with Gasteiger partial charge in [0.1, 0.15) is 0 Å². The smallest absolute Gasteiger partial charge is 0.321 e. The van der Waals surface area contributed by atoms with Gasteiger partial charge in [0.2, 0.25) is 0 Å². The molecule has 1 saturated heterocycles. The highest BCUT2D eigenvalue weighted by Crippen LogP contribution is 2.16. The minimum absolute atomic E-state index is 0.0541. The third-order valence-electron chi connectivity index (χ3n) is 4.43. The van der Waals surface area contributed by atoms with E-state index in [1.54, 1.807) is 42.3 Å². The lowest BCUT2D eigenvalue weighted by molar-refractivity contribution is 0.0793. The summed E-state index contributed by atoms with van der Waals surface area (Å²) >= 11 is 5.97. The number of likely N-dealkylation sites (tertiary alicyclic amines) is 1. The van der Waals surface area contributed by atoms with Crippen molar-refractivity contribution in [2.24, 2.45) is 0 Å². The van der Waals surface area contributed by atoms with Crippen LogP contribution in [0.4, 0.5) is 10.5 Å². The van der Waals surface area contributed by atoms with Gasteiger partial charge in [0.05, 0.1) is 0 Å². The summed E-state index contributed by atoms with van der Waals surface area (Å²) in [7, 11) is 1.72. The fourth-order valence-electron chi connectivity index (χ4n) is 3.00. The summed E-state index contributed by atoms with van der Waals surface area (Å²) in [5, 5.41) is 3.49. The molecule has 1 aliphatic rings. The molecule has 3 amide bonds. The van der Waals surface area contributed by atoms with Crippen LogP contribution in [0.15, 0.2) is 48.5 Å². The van der Waals surface area contributed by atoms with Crippen molar-refractivity contribution in [3.63, 3.8) is 0 Å². The Bertz CT molecular complexity index is 786. The minimum Gasteiger partial charge on any atom is -0.339 e. The van der Waals surface area contributed by atoms with E-state index in [-0.39, 0.29) is 11.9 Å². The number of carbonyl (C=O) groups excluding carboxylic acids is 2. The number of hydrogen-bond donors (Lipinski definition) is 1. The highest BCUT2D eigenvalue weighted by molar-refractivity contribution is 6.30. The number of amides is 3. The fraction of sp³-hybridized carbons (Fsp3) is 0.300. The van der Waals surface area contributed by atoms with Crippen molar-refractivity contribution in [3.05, 3.63) is 64.7 Å². The van der Waals surface area contributed by atoms with Crippen LogP contribution in [0, 0.1) is 0 Å². The van der Waals surface area contributed by atoms with Gasteiger partial charge in [-0.1, -0.05) is 23.7 Å². The van der Waals surface area contributed by atoms with Gasteiger partial charge in [-0.25, -0.2) is 4.79 Å². The third kappa shape index (κ3) is 4.55. The summed E-state index contributed by atoms with van der Waals surface area (Å²) in [6.07, 6.45) is 2.14. The number of urea groups is 1. The zero-order chi connectivity index (χ0) is 18.5. The second kappa shape index (κ2) is 8.23. The molecule has 1 heterocycles. The van der Waals surface area contributed by atoms with Crippen molar-refractivity contribution in [2.45, 2.75) is 19.4 Å². The van der Waals surface area contributed by atoms with Crippen LogP contribution < -0.4 is 5.32 Å². The van der Waals surface area contributed by atoms with Crippen LogP contribution in [0.1, 0.15) is 28.8 Å². The lowest BCUT2D eigenvalue weighted by Gasteiger charge is -2.19. The van der Waals surface area contributed by atoms with Crippen LogP contribution >= 0.6 is 11.6 Å². The van der Waals surface area contributed by atoms with Gasteiger partial charge in [0.25, 0.3) is 5.91 Å². The first-order chi connectivity index (χ1) is 12.5. The normalized spacial score (nSPS) is 13.5. The van der Waals surface area contributed by atoms with E-state index in [0.717, 1.165) is 31.5 Å². The van der Waals surface area contributed by atoms with Crippen molar-refractivity contribution in [2.75, 3.05) is 25.5 Å². The lowest BCUT2D eigenvalue weighted by atomic mass is 10.2. The van der Waals surface area contributed by atoms with Gasteiger partial charge < -0.3 is 15.1 Å². The molecule has 2 aromatic carbocycles. The van der Waals surface area contributed by atoms with Crippen molar-refractivity contribution in [3.8, 4) is 0 Å². The van der Waals surface area contributed by atoms with Crippen molar-refractivity contribution in [1.29, 1.82) is 0 Å². The maximum atomic E-state index is 12.3. The second-order valence-electron chi connectivity index (χ2n) is 6.49. The molecule has 0 radical (unpaired) electrons. The maximum absolute atomic E-state index is 12.3. The monoisotopic (exact) mass is 371 g/mol. The average molecular weight is 372 g/mol. The van der Waals surface area contributed by atoms with Crippen LogP contribution in [-0.2, 0) is 6.54 Å². The van der Waals surface area contributed by atoms with Crippen LogP contribution in [0.3, 0.4) is 0 Å². The van der Waals surface area contributed by atoms with Crippen LogP contribution in [-0.4, -0.2) is 41.9 Å². The Hall–Kier alpha value is -2.53. The molecular formula is C20H22ClN3O2. The molecule has 0 aromatic heterocycles. The van der Waals surface area contributed by atoms with Gasteiger partial charge in [0.15, 0.2) is 0 Å². The van der Waals surface area contributed by atoms with Crippen LogP contribution in [0.25, 0.3) is 0 Å². The summed E-state index contributed by atoms with van der Waals surface area (Å²) in [5.74, 6) is 0.0541. The maximum Gasteiger partial charge on any atom is 0.321 e. The molecule has 136 valence electrons. The largest absolute Gasteiger partial charge is 0.339 e. The minimum atomic E-state index is -0.219. The zero-order valence-corrected chi connectivity index (χ0v) is 15.5. The van der Waals surface area contributed by atoms with E-state index in [9.17, 15) is 9.59 Å². The predicted molar refractivity (Wildman–Crippen MR) is 104 cm³/mol. The first kappa shape index (κ1) is 18.3. The summed E-state index contributed by atoms with van der Waals surface area (Å²) < 4.78 is 0. The molecule has 1 fully saturated rings. The van der Waals surface area contributed by atoms with E-state index in [1.807, 2.05) is 23.1 Å². The fourth-order valence-corrected chi connectivity index (χ4v) is 3.21. The van der Waals surface area contributed by atoms with Gasteiger partial charge in [0, 0.05) is 43.0 Å². The van der Waals surface area contributed by atoms with E-state index in [0.29, 0.717) is 22.8 Å². The Labute approximate surface area is 158 Å². The SMILES string of the molecule is CN(Cc1cccc(Cl)c1)C(=O)Nc1ccc(C(=O)N2CCCC2)cc1. The molecule has 5 nitrogen and oxygen atoms in total. The van der Waals surface area contributed by atoms with Crippen LogP contribution in [0.2, 0.25) is 5.02 Å². The zero-order valence-electron chi connectivity index (χ0n) is 14.7. The molecule has 26 heavy (non-hydrogen) atoms. The van der Waals surface area contributed by atoms with Gasteiger partial charge in [-0.3, -0.25) is 4.79 Å². The summed E-state index contributed by atoms with van der Waals surface area (Å²) in [4.78, 5) is 28.1. The first-order valence-corrected chi connectivity index (χ1v) is 9.06. The highest BCUT2D eigenvalue weighted by atomic mass is 35.5. The summed E-state index contributed by atoms with van der Waals surface area (Å²) in [6, 6.07) is 14.2. The Balaban J connectivity index is 1.57. The van der Waals surface area contributed by atoms with Gasteiger partial charge >= 0.3 is 6.03 Å². The number of hydrogen-bond acceptors (Lipinski definition) is 2. The summed E-state index contributed by atoms with van der Waals surface area (Å²) in [5.41, 5.74) is 2.27.